The molecule has 8 atom stereocenters. The van der Waals surface area contributed by atoms with Gasteiger partial charge < -0.3 is 37.6 Å². The number of hydrogen-bond donors (Lipinski definition) is 3. The average Bonchev–Trinajstić information content (AvgIpc) is 4.03. The van der Waals surface area contributed by atoms with Gasteiger partial charge >= 0.3 is 0 Å². The largest absolute Gasteiger partial charge is 0.508 e. The average molecular weight is 987 g/mol. The second-order valence-electron chi connectivity index (χ2n) is 13.2. The molecule has 0 amide bonds. The van der Waals surface area contributed by atoms with Crippen molar-refractivity contribution in [3.8, 4) is 17.2 Å². The molecule has 3 nitrogen and oxygen atoms in total. The maximum Gasteiger partial charge on any atom is 0.115 e. The number of para-hydroxylation sites is 3. The monoisotopic (exact) mass is 986 g/mol. The van der Waals surface area contributed by atoms with Crippen LogP contribution in [0, 0.1) is 69.6 Å². The Hall–Kier alpha value is 0.372. The summed E-state index contributed by atoms with van der Waals surface area (Å²) in [6, 6.07) is 26.1. The topological polar surface area (TPSA) is 60.7 Å². The van der Waals surface area contributed by atoms with Crippen molar-refractivity contribution in [1.82, 2.24) is 0 Å². The maximum absolute atomic E-state index is 8.63. The van der Waals surface area contributed by atoms with Crippen molar-refractivity contribution in [2.24, 2.45) is 47.3 Å². The van der Waals surface area contributed by atoms with E-state index in [4.69, 9.17) is 15.3 Å². The molecule has 0 saturated heterocycles. The van der Waals surface area contributed by atoms with Crippen LogP contribution >= 0.6 is 0 Å². The number of benzene rings is 3. The van der Waals surface area contributed by atoms with Crippen molar-refractivity contribution >= 4 is 0 Å². The molecule has 4 bridgehead atoms. The van der Waals surface area contributed by atoms with Crippen molar-refractivity contribution < 1.29 is 113 Å². The Labute approximate surface area is 418 Å². The van der Waals surface area contributed by atoms with E-state index in [1.54, 1.807) is 150 Å². The molecular weight excluding hydrogens is 903 g/mol. The molecule has 6 fully saturated rings. The van der Waals surface area contributed by atoms with Crippen LogP contribution < -0.4 is 0 Å². The molecule has 8 unspecified atom stereocenters. The summed E-state index contributed by atoms with van der Waals surface area (Å²) in [6.07, 6.45) is 19.1. The molecule has 6 heteroatoms. The van der Waals surface area contributed by atoms with Gasteiger partial charge in [0.05, 0.1) is 0 Å². The van der Waals surface area contributed by atoms with Gasteiger partial charge in [-0.05, 0) is 148 Å². The Morgan fingerprint density at radius 2 is 0.509 bits per heavy atom. The second kappa shape index (κ2) is 42.5. The van der Waals surface area contributed by atoms with E-state index in [-0.39, 0.29) is 120 Å². The van der Waals surface area contributed by atoms with Crippen LogP contribution in [0.1, 0.15) is 132 Å². The van der Waals surface area contributed by atoms with Gasteiger partial charge in [0.15, 0.2) is 0 Å². The van der Waals surface area contributed by atoms with Crippen molar-refractivity contribution in [3.63, 3.8) is 0 Å². The number of aromatic hydroxyl groups is 3. The first-order chi connectivity index (χ1) is 24.1. The van der Waals surface area contributed by atoms with Crippen molar-refractivity contribution in [2.75, 3.05) is 0 Å². The first-order valence-electron chi connectivity index (χ1n) is 20.3. The summed E-state index contributed by atoms with van der Waals surface area (Å²) in [4.78, 5) is 0. The molecule has 55 heavy (non-hydrogen) atoms. The first-order valence-corrected chi connectivity index (χ1v) is 20.3. The zero-order valence-corrected chi connectivity index (χ0v) is 45.9. The van der Waals surface area contributed by atoms with Crippen molar-refractivity contribution in [1.29, 1.82) is 0 Å². The van der Waals surface area contributed by atoms with E-state index >= 15 is 0 Å². The number of rotatable bonds is 0. The van der Waals surface area contributed by atoms with E-state index in [9.17, 15) is 0 Å². The van der Waals surface area contributed by atoms with Gasteiger partial charge in [-0.15, -0.1) is 0 Å². The molecule has 309 valence electrons. The van der Waals surface area contributed by atoms with Gasteiger partial charge in [-0.3, -0.25) is 0 Å². The molecule has 0 spiro atoms. The van der Waals surface area contributed by atoms with Crippen molar-refractivity contribution in [2.45, 2.75) is 132 Å². The zero-order chi connectivity index (χ0) is 36.4. The van der Waals surface area contributed by atoms with Crippen LogP contribution in [0.4, 0.5) is 0 Å². The SMILES string of the molecule is C1CC2C3CCC(C3)C2C1.C1CC2C3CCC(C3)C2C1.CC.CC.CC.CC.Oc1ccccc1.Oc1ccccc1.Oc1ccccc1.[CH3-].[CH3-].[CH3-].[Y].[Y].[Y]. The molecule has 0 heterocycles. The van der Waals surface area contributed by atoms with Gasteiger partial charge in [-0.2, -0.15) is 0 Å². The molecule has 0 aromatic heterocycles. The van der Waals surface area contributed by atoms with Crippen LogP contribution in [0.3, 0.4) is 0 Å². The summed E-state index contributed by atoms with van der Waals surface area (Å²) in [7, 11) is 0. The standard InChI is InChI=1S/2C10H16.3C6H6O.4C2H6.3CH3.3Y/c2*1-2-9-7-4-5-8(6-7)10(9)3-1;3*7-6-4-2-1-3-5-6;4*1-2;;;;;;/h2*7-10H,1-6H2;3*1-5,7H;4*1-2H3;3*1H3;;;/q;;;;;;;;;3*-1;;;. The molecule has 3 aromatic rings. The summed E-state index contributed by atoms with van der Waals surface area (Å²) in [5.74, 6) is 10.6. The third-order valence-corrected chi connectivity index (χ3v) is 11.0. The van der Waals surface area contributed by atoms with Crippen molar-refractivity contribution in [3.05, 3.63) is 113 Å². The summed E-state index contributed by atoms with van der Waals surface area (Å²) >= 11 is 0. The van der Waals surface area contributed by atoms with Crippen LogP contribution in [0.5, 0.6) is 17.2 Å². The number of fused-ring (bicyclic) bond motifs is 10. The molecule has 6 aliphatic carbocycles. The predicted octanol–water partition coefficient (Wildman–Crippen LogP) is 15.3. The first kappa shape index (κ1) is 67.2. The number of phenolic OH excluding ortho intramolecular Hbond substituents is 3. The number of hydrogen-bond acceptors (Lipinski definition) is 3. The summed E-state index contributed by atoms with van der Waals surface area (Å²) < 4.78 is 0. The minimum absolute atomic E-state index is 0. The molecule has 6 saturated carbocycles. The fraction of sp³-hybridized carbons (Fsp3) is 0.571. The molecule has 0 aliphatic heterocycles. The Balaban J connectivity index is -0.000000128. The van der Waals surface area contributed by atoms with E-state index in [1.807, 2.05) is 73.6 Å². The Bertz CT molecular complexity index is 995. The molecule has 6 aliphatic rings. The van der Waals surface area contributed by atoms with Gasteiger partial charge in [-0.1, -0.05) is 123 Å². The van der Waals surface area contributed by atoms with Gasteiger partial charge in [0, 0.05) is 98.1 Å². The third kappa shape index (κ3) is 24.3. The Morgan fingerprint density at radius 3 is 0.655 bits per heavy atom. The van der Waals surface area contributed by atoms with E-state index in [2.05, 4.69) is 0 Å². The normalized spacial score (nSPS) is 24.7. The van der Waals surface area contributed by atoms with E-state index in [1.165, 1.54) is 47.3 Å². The van der Waals surface area contributed by atoms with E-state index in [0.717, 1.165) is 0 Å². The maximum atomic E-state index is 8.63. The molecule has 3 N–H and O–H groups in total. The summed E-state index contributed by atoms with van der Waals surface area (Å²) in [5, 5.41) is 25.9. The van der Waals surface area contributed by atoms with Gasteiger partial charge in [0.25, 0.3) is 0 Å². The zero-order valence-electron chi connectivity index (χ0n) is 37.3. The smallest absolute Gasteiger partial charge is 0.115 e. The minimum atomic E-state index is 0. The molecule has 9 rings (SSSR count). The fourth-order valence-electron chi connectivity index (χ4n) is 9.32. The van der Waals surface area contributed by atoms with Gasteiger partial charge in [0.1, 0.15) is 17.2 Å². The predicted molar refractivity (Wildman–Crippen MR) is 232 cm³/mol. The Morgan fingerprint density at radius 1 is 0.327 bits per heavy atom. The minimum Gasteiger partial charge on any atom is -0.508 e. The van der Waals surface area contributed by atoms with Gasteiger partial charge in [-0.25, -0.2) is 0 Å². The van der Waals surface area contributed by atoms with Crippen LogP contribution in [0.15, 0.2) is 91.0 Å². The second-order valence-corrected chi connectivity index (χ2v) is 13.2. The van der Waals surface area contributed by atoms with E-state index in [0.29, 0.717) is 17.2 Å². The summed E-state index contributed by atoms with van der Waals surface area (Å²) in [5.41, 5.74) is 0. The van der Waals surface area contributed by atoms with Crippen LogP contribution in [-0.2, 0) is 98.1 Å². The third-order valence-electron chi connectivity index (χ3n) is 11.0. The van der Waals surface area contributed by atoms with Gasteiger partial charge in [0.2, 0.25) is 0 Å². The molecule has 3 aromatic carbocycles. The number of phenols is 3. The van der Waals surface area contributed by atoms with Crippen LogP contribution in [0.25, 0.3) is 0 Å². The van der Waals surface area contributed by atoms with Crippen LogP contribution in [0.2, 0.25) is 0 Å². The summed E-state index contributed by atoms with van der Waals surface area (Å²) in [6.45, 7) is 16.0. The quantitative estimate of drug-likeness (QED) is 0.197. The fourth-order valence-corrected chi connectivity index (χ4v) is 9.32. The Kier molecular flexibility index (Phi) is 51.9. The van der Waals surface area contributed by atoms with Crippen LogP contribution in [-0.4, -0.2) is 15.3 Å². The molecular formula is C49H83O3Y3-3. The molecule has 3 radical (unpaired) electrons. The van der Waals surface area contributed by atoms with E-state index < -0.39 is 0 Å².